The summed E-state index contributed by atoms with van der Waals surface area (Å²) in [5.41, 5.74) is 3.91. The van der Waals surface area contributed by atoms with Crippen molar-refractivity contribution in [3.63, 3.8) is 0 Å². The minimum Gasteiger partial charge on any atom is -0.465 e. The number of benzene rings is 1. The zero-order chi connectivity index (χ0) is 18.8. The first kappa shape index (κ1) is 17.9. The highest BCUT2D eigenvalue weighted by Gasteiger charge is 2.27. The molecule has 0 saturated carbocycles. The second-order valence-electron chi connectivity index (χ2n) is 6.56. The van der Waals surface area contributed by atoms with Gasteiger partial charge in [-0.2, -0.15) is 0 Å². The smallest absolute Gasteiger partial charge is 0.339 e. The molecule has 0 aliphatic heterocycles. The maximum Gasteiger partial charge on any atom is 0.339 e. The van der Waals surface area contributed by atoms with Gasteiger partial charge in [-0.25, -0.2) is 4.79 Å². The van der Waals surface area contributed by atoms with Gasteiger partial charge in [0, 0.05) is 12.6 Å². The Kier molecular flexibility index (Phi) is 4.93. The number of carbonyl (C=O) groups excluding carboxylic acids is 3. The topological polar surface area (TPSA) is 88.3 Å². The summed E-state index contributed by atoms with van der Waals surface area (Å²) in [6, 6.07) is 8.04. The van der Waals surface area contributed by atoms with Crippen LogP contribution in [0.25, 0.3) is 0 Å². The molecule has 1 unspecified atom stereocenters. The van der Waals surface area contributed by atoms with Crippen molar-refractivity contribution >= 4 is 17.7 Å². The summed E-state index contributed by atoms with van der Waals surface area (Å²) in [6.45, 7) is 3.09. The number of esters is 1. The normalized spacial score (nSPS) is 15.4. The number of fused-ring (bicyclic) bond motifs is 1. The van der Waals surface area contributed by atoms with Gasteiger partial charge in [0.15, 0.2) is 5.78 Å². The van der Waals surface area contributed by atoms with Crippen LogP contribution in [0.5, 0.6) is 0 Å². The zero-order valence-corrected chi connectivity index (χ0v) is 15.1. The predicted molar refractivity (Wildman–Crippen MR) is 96.2 cm³/mol. The Morgan fingerprint density at radius 2 is 2.00 bits per heavy atom. The molecule has 0 spiro atoms. The number of hydrogen-bond donors (Lipinski definition) is 2. The van der Waals surface area contributed by atoms with Gasteiger partial charge in [-0.3, -0.25) is 9.59 Å². The van der Waals surface area contributed by atoms with Crippen molar-refractivity contribution in [2.75, 3.05) is 7.11 Å². The summed E-state index contributed by atoms with van der Waals surface area (Å²) in [4.78, 5) is 39.3. The molecule has 1 aliphatic rings. The number of H-pyrrole nitrogens is 1. The maximum absolute atomic E-state index is 12.6. The molecule has 6 heteroatoms. The van der Waals surface area contributed by atoms with Gasteiger partial charge in [0.2, 0.25) is 5.91 Å². The quantitative estimate of drug-likeness (QED) is 0.638. The molecule has 2 aromatic rings. The lowest BCUT2D eigenvalue weighted by Crippen LogP contribution is -2.29. The minimum absolute atomic E-state index is 0.0166. The third-order valence-corrected chi connectivity index (χ3v) is 4.87. The van der Waals surface area contributed by atoms with Crippen LogP contribution >= 0.6 is 0 Å². The lowest BCUT2D eigenvalue weighted by atomic mass is 10.1. The molecule has 1 amide bonds. The van der Waals surface area contributed by atoms with Gasteiger partial charge in [0.1, 0.15) is 0 Å². The number of hydrogen-bond acceptors (Lipinski definition) is 4. The van der Waals surface area contributed by atoms with Crippen molar-refractivity contribution in [1.82, 2.24) is 10.3 Å². The van der Waals surface area contributed by atoms with Crippen molar-refractivity contribution in [2.45, 2.75) is 39.2 Å². The van der Waals surface area contributed by atoms with Crippen LogP contribution in [0.15, 0.2) is 24.3 Å². The Morgan fingerprint density at radius 3 is 2.69 bits per heavy atom. The average molecular weight is 354 g/mol. The molecule has 136 valence electrons. The number of Topliss-reactive ketones (excluding diaryl/α,β-unsaturated/α-hetero) is 1. The van der Waals surface area contributed by atoms with Crippen molar-refractivity contribution in [3.05, 3.63) is 57.9 Å². The van der Waals surface area contributed by atoms with Crippen molar-refractivity contribution in [1.29, 1.82) is 0 Å². The van der Waals surface area contributed by atoms with E-state index in [1.807, 2.05) is 18.2 Å². The van der Waals surface area contributed by atoms with E-state index in [1.54, 1.807) is 6.92 Å². The number of amides is 1. The Morgan fingerprint density at radius 1 is 1.27 bits per heavy atom. The Hall–Kier alpha value is -2.89. The zero-order valence-electron chi connectivity index (χ0n) is 15.1. The Bertz CT molecular complexity index is 882. The lowest BCUT2D eigenvalue weighted by molar-refractivity contribution is -0.121. The highest BCUT2D eigenvalue weighted by atomic mass is 16.5. The average Bonchev–Trinajstić information content (AvgIpc) is 3.16. The van der Waals surface area contributed by atoms with Gasteiger partial charge in [-0.15, -0.1) is 0 Å². The highest BCUT2D eigenvalue weighted by Crippen LogP contribution is 2.30. The fourth-order valence-electron chi connectivity index (χ4n) is 3.63. The van der Waals surface area contributed by atoms with Gasteiger partial charge in [0.05, 0.1) is 30.8 Å². The van der Waals surface area contributed by atoms with Crippen molar-refractivity contribution in [2.24, 2.45) is 0 Å². The second-order valence-corrected chi connectivity index (χ2v) is 6.56. The summed E-state index contributed by atoms with van der Waals surface area (Å²) >= 11 is 0. The molecule has 1 aromatic carbocycles. The van der Waals surface area contributed by atoms with E-state index in [9.17, 15) is 14.4 Å². The van der Waals surface area contributed by atoms with E-state index in [4.69, 9.17) is 4.74 Å². The second kappa shape index (κ2) is 7.15. The van der Waals surface area contributed by atoms with Crippen molar-refractivity contribution < 1.29 is 19.1 Å². The molecule has 3 rings (SSSR count). The van der Waals surface area contributed by atoms with Gasteiger partial charge in [0.25, 0.3) is 0 Å². The SMILES string of the molecule is COC(=O)c1c(CC(=O)NC2CCc3ccccc32)[nH]c(C(C)=O)c1C. The van der Waals surface area contributed by atoms with Crippen LogP contribution < -0.4 is 5.32 Å². The van der Waals surface area contributed by atoms with E-state index in [2.05, 4.69) is 16.4 Å². The van der Waals surface area contributed by atoms with Crippen LogP contribution in [0.1, 0.15) is 62.6 Å². The molecule has 1 aliphatic carbocycles. The number of rotatable bonds is 5. The van der Waals surface area contributed by atoms with Crippen LogP contribution in [0.2, 0.25) is 0 Å². The first-order valence-corrected chi connectivity index (χ1v) is 8.60. The molecule has 0 fully saturated rings. The molecule has 0 saturated heterocycles. The minimum atomic E-state index is -0.555. The molecule has 26 heavy (non-hydrogen) atoms. The van der Waals surface area contributed by atoms with Crippen LogP contribution in [0, 0.1) is 6.92 Å². The van der Waals surface area contributed by atoms with Crippen LogP contribution in [0.3, 0.4) is 0 Å². The van der Waals surface area contributed by atoms with E-state index < -0.39 is 5.97 Å². The third-order valence-electron chi connectivity index (χ3n) is 4.87. The molecular weight excluding hydrogens is 332 g/mol. The number of ketones is 1. The fraction of sp³-hybridized carbons (Fsp3) is 0.350. The van der Waals surface area contributed by atoms with E-state index in [0.717, 1.165) is 18.4 Å². The first-order chi connectivity index (χ1) is 12.4. The number of methoxy groups -OCH3 is 1. The van der Waals surface area contributed by atoms with Crippen molar-refractivity contribution in [3.8, 4) is 0 Å². The van der Waals surface area contributed by atoms with Crippen LogP contribution in [-0.2, 0) is 22.4 Å². The number of nitrogens with one attached hydrogen (secondary N) is 2. The van der Waals surface area contributed by atoms with Gasteiger partial charge >= 0.3 is 5.97 Å². The van der Waals surface area contributed by atoms with E-state index in [-0.39, 0.29) is 29.7 Å². The molecule has 2 N–H and O–H groups in total. The van der Waals surface area contributed by atoms with Crippen LogP contribution in [-0.4, -0.2) is 29.8 Å². The number of aryl methyl sites for hydroxylation is 1. The monoisotopic (exact) mass is 354 g/mol. The molecule has 0 radical (unpaired) electrons. The number of ether oxygens (including phenoxy) is 1. The summed E-state index contributed by atoms with van der Waals surface area (Å²) in [6.07, 6.45) is 1.78. The van der Waals surface area contributed by atoms with Gasteiger partial charge in [-0.05, 0) is 36.5 Å². The highest BCUT2D eigenvalue weighted by molar-refractivity contribution is 6.01. The summed E-state index contributed by atoms with van der Waals surface area (Å²) < 4.78 is 4.81. The largest absolute Gasteiger partial charge is 0.465 e. The predicted octanol–water partition coefficient (Wildman–Crippen LogP) is 2.66. The third kappa shape index (κ3) is 3.27. The number of carbonyl (C=O) groups is 3. The summed E-state index contributed by atoms with van der Waals surface area (Å²) in [7, 11) is 1.28. The van der Waals surface area contributed by atoms with Gasteiger partial charge < -0.3 is 15.0 Å². The molecule has 1 heterocycles. The molecular formula is C20H22N2O4. The lowest BCUT2D eigenvalue weighted by Gasteiger charge is -2.14. The molecule has 1 atom stereocenters. The fourth-order valence-corrected chi connectivity index (χ4v) is 3.63. The summed E-state index contributed by atoms with van der Waals surface area (Å²) in [5, 5.41) is 3.03. The van der Waals surface area contributed by atoms with E-state index in [0.29, 0.717) is 17.0 Å². The molecule has 0 bridgehead atoms. The number of aromatic amines is 1. The molecule has 1 aromatic heterocycles. The maximum atomic E-state index is 12.6. The van der Waals surface area contributed by atoms with Gasteiger partial charge in [-0.1, -0.05) is 24.3 Å². The first-order valence-electron chi connectivity index (χ1n) is 8.60. The van der Waals surface area contributed by atoms with Crippen LogP contribution in [0.4, 0.5) is 0 Å². The Balaban J connectivity index is 1.80. The standard InChI is InChI=1S/C20H22N2O4/c1-11-18(20(25)26-3)16(22-19(11)12(2)23)10-17(24)21-15-9-8-13-6-4-5-7-14(13)15/h4-7,15,22H,8-10H2,1-3H3,(H,21,24). The Labute approximate surface area is 151 Å². The van der Waals surface area contributed by atoms with E-state index >= 15 is 0 Å². The molecule has 6 nitrogen and oxygen atoms in total. The summed E-state index contributed by atoms with van der Waals surface area (Å²) in [5.74, 6) is -0.947. The van der Waals surface area contributed by atoms with E-state index in [1.165, 1.54) is 19.6 Å². The number of aromatic nitrogens is 1.